The zero-order valence-electron chi connectivity index (χ0n) is 23.1. The molecule has 0 N–H and O–H groups in total. The molecule has 3 heterocycles. The average molecular weight is 582 g/mol. The lowest BCUT2D eigenvalue weighted by molar-refractivity contribution is -0.133. The molecule has 0 atom stereocenters. The van der Waals surface area contributed by atoms with Crippen LogP contribution >= 0.6 is 0 Å². The minimum atomic E-state index is -3.91. The highest BCUT2D eigenvalue weighted by molar-refractivity contribution is 7.92. The van der Waals surface area contributed by atoms with Crippen molar-refractivity contribution in [3.8, 4) is 11.5 Å². The van der Waals surface area contributed by atoms with Crippen LogP contribution in [0.4, 0.5) is 0 Å². The molecule has 0 aliphatic carbocycles. The molecule has 0 saturated carbocycles. The summed E-state index contributed by atoms with van der Waals surface area (Å²) in [6, 6.07) is 18.4. The van der Waals surface area contributed by atoms with Crippen LogP contribution in [0.5, 0.6) is 11.5 Å². The first-order chi connectivity index (χ1) is 19.9. The molecule has 10 nitrogen and oxygen atoms in total. The summed E-state index contributed by atoms with van der Waals surface area (Å²) in [5, 5.41) is 1.17. The smallest absolute Gasteiger partial charge is 0.238 e. The van der Waals surface area contributed by atoms with Crippen molar-refractivity contribution in [1.29, 1.82) is 0 Å². The highest BCUT2D eigenvalue weighted by Gasteiger charge is 2.27. The zero-order valence-corrected chi connectivity index (χ0v) is 23.9. The monoisotopic (exact) mass is 581 g/mol. The number of carbonyl (C=O) groups excluding carboxylic acids is 1. The zero-order chi connectivity index (χ0) is 28.7. The summed E-state index contributed by atoms with van der Waals surface area (Å²) >= 11 is 0. The van der Waals surface area contributed by atoms with E-state index in [-0.39, 0.29) is 38.9 Å². The third kappa shape index (κ3) is 7.98. The van der Waals surface area contributed by atoms with Gasteiger partial charge in [-0.05, 0) is 48.4 Å². The molecule has 0 bridgehead atoms. The number of furan rings is 1. The van der Waals surface area contributed by atoms with Crippen molar-refractivity contribution < 1.29 is 31.8 Å². The Morgan fingerprint density at radius 2 is 1.76 bits per heavy atom. The summed E-state index contributed by atoms with van der Waals surface area (Å²) in [6.45, 7) is 5.43. The number of hydrogen-bond acceptors (Lipinski definition) is 8. The predicted octanol–water partition coefficient (Wildman–Crippen LogP) is 3.48. The molecule has 1 amide bonds. The van der Waals surface area contributed by atoms with E-state index in [0.717, 1.165) is 30.0 Å². The van der Waals surface area contributed by atoms with E-state index >= 15 is 0 Å². The first-order valence-corrected chi connectivity index (χ1v) is 15.1. The molecule has 3 aromatic rings. The summed E-state index contributed by atoms with van der Waals surface area (Å²) < 4.78 is 50.5. The van der Waals surface area contributed by atoms with Crippen molar-refractivity contribution in [3.63, 3.8) is 0 Å². The van der Waals surface area contributed by atoms with Crippen molar-refractivity contribution in [2.45, 2.75) is 20.0 Å². The van der Waals surface area contributed by atoms with Crippen LogP contribution in [-0.2, 0) is 32.6 Å². The van der Waals surface area contributed by atoms with Gasteiger partial charge in [-0.1, -0.05) is 36.4 Å². The Morgan fingerprint density at radius 3 is 2.51 bits per heavy atom. The fourth-order valence-electron chi connectivity index (χ4n) is 4.69. The topological polar surface area (TPSA) is 102 Å². The Hall–Kier alpha value is -3.64. The summed E-state index contributed by atoms with van der Waals surface area (Å²) in [5.74, 6) is 2.28. The van der Waals surface area contributed by atoms with Crippen LogP contribution in [0.3, 0.4) is 0 Å². The molecule has 2 aliphatic rings. The Bertz CT molecular complexity index is 1450. The molecule has 41 heavy (non-hydrogen) atoms. The number of sulfonamides is 1. The van der Waals surface area contributed by atoms with Gasteiger partial charge in [-0.3, -0.25) is 9.69 Å². The Kier molecular flexibility index (Phi) is 9.40. The van der Waals surface area contributed by atoms with Gasteiger partial charge in [-0.25, -0.2) is 8.42 Å². The van der Waals surface area contributed by atoms with Crippen molar-refractivity contribution >= 4 is 22.0 Å². The van der Waals surface area contributed by atoms with Crippen LogP contribution in [0.25, 0.3) is 6.08 Å². The number of fused-ring (bicyclic) bond motifs is 1. The summed E-state index contributed by atoms with van der Waals surface area (Å²) in [5.41, 5.74) is 1.59. The van der Waals surface area contributed by atoms with E-state index in [1.54, 1.807) is 11.0 Å². The number of morpholine rings is 1. The SMILES string of the molecule is Cc1ccc(CN(Cc2ccc3c(c2)OCO3)C(=O)CN(CCN2CCOCC2)S(=O)(=O)/C=C/c2ccccc2)o1. The van der Waals surface area contributed by atoms with Crippen molar-refractivity contribution in [2.75, 3.05) is 52.7 Å². The van der Waals surface area contributed by atoms with E-state index in [4.69, 9.17) is 18.6 Å². The van der Waals surface area contributed by atoms with Gasteiger partial charge in [0.15, 0.2) is 11.5 Å². The standard InChI is InChI=1S/C30H35N3O7S/c1-24-7-9-27(40-24)21-32(20-26-8-10-28-29(19-26)39-23-38-28)30(34)22-33(13-12-31-14-16-37-17-15-31)41(35,36)18-11-25-5-3-2-4-6-25/h2-11,18-19H,12-17,20-23H2,1H3/b18-11+. The van der Waals surface area contributed by atoms with Crippen molar-refractivity contribution in [3.05, 3.63) is 88.7 Å². The Balaban J connectivity index is 1.36. The van der Waals surface area contributed by atoms with E-state index in [1.165, 1.54) is 9.71 Å². The minimum Gasteiger partial charge on any atom is -0.464 e. The molecular formula is C30H35N3O7S. The number of amides is 1. The van der Waals surface area contributed by atoms with Gasteiger partial charge in [0.1, 0.15) is 11.5 Å². The molecule has 11 heteroatoms. The van der Waals surface area contributed by atoms with Crippen LogP contribution in [0, 0.1) is 6.92 Å². The molecule has 1 aromatic heterocycles. The number of aryl methyl sites for hydroxylation is 1. The maximum atomic E-state index is 13.8. The molecule has 0 spiro atoms. The average Bonchev–Trinajstić information content (AvgIpc) is 3.63. The number of benzene rings is 2. The third-order valence-corrected chi connectivity index (χ3v) is 8.49. The number of rotatable bonds is 12. The molecule has 0 radical (unpaired) electrons. The molecule has 1 saturated heterocycles. The highest BCUT2D eigenvalue weighted by Crippen LogP contribution is 2.33. The number of ether oxygens (including phenoxy) is 3. The van der Waals surface area contributed by atoms with Crippen molar-refractivity contribution in [2.24, 2.45) is 0 Å². The van der Waals surface area contributed by atoms with Gasteiger partial charge in [-0.15, -0.1) is 0 Å². The van der Waals surface area contributed by atoms with Crippen LogP contribution in [0.2, 0.25) is 0 Å². The summed E-state index contributed by atoms with van der Waals surface area (Å²) in [6.07, 6.45) is 1.55. The van der Waals surface area contributed by atoms with E-state index in [1.807, 2.05) is 67.6 Å². The summed E-state index contributed by atoms with van der Waals surface area (Å²) in [4.78, 5) is 17.6. The van der Waals surface area contributed by atoms with Gasteiger partial charge < -0.3 is 23.5 Å². The molecule has 218 valence electrons. The number of nitrogens with zero attached hydrogens (tertiary/aromatic N) is 3. The van der Waals surface area contributed by atoms with Crippen LogP contribution in [0.15, 0.2) is 70.5 Å². The van der Waals surface area contributed by atoms with E-state index in [2.05, 4.69) is 4.90 Å². The van der Waals surface area contributed by atoms with Crippen LogP contribution in [-0.4, -0.2) is 81.2 Å². The third-order valence-electron chi connectivity index (χ3n) is 6.98. The van der Waals surface area contributed by atoms with Gasteiger partial charge in [0.05, 0.1) is 26.3 Å². The maximum absolute atomic E-state index is 13.8. The molecule has 0 unspecified atom stereocenters. The number of carbonyl (C=O) groups is 1. The quantitative estimate of drug-likeness (QED) is 0.321. The molecule has 1 fully saturated rings. The lowest BCUT2D eigenvalue weighted by Crippen LogP contribution is -2.46. The van der Waals surface area contributed by atoms with Gasteiger partial charge in [-0.2, -0.15) is 4.31 Å². The first kappa shape index (κ1) is 28.9. The Labute approximate surface area is 240 Å². The molecule has 5 rings (SSSR count). The van der Waals surface area contributed by atoms with Gasteiger partial charge >= 0.3 is 0 Å². The fraction of sp³-hybridized carbons (Fsp3) is 0.367. The second-order valence-electron chi connectivity index (χ2n) is 10.00. The molecular weight excluding hydrogens is 546 g/mol. The normalized spacial score (nSPS) is 15.6. The largest absolute Gasteiger partial charge is 0.464 e. The van der Waals surface area contributed by atoms with E-state index in [9.17, 15) is 13.2 Å². The highest BCUT2D eigenvalue weighted by atomic mass is 32.2. The van der Waals surface area contributed by atoms with Gasteiger partial charge in [0.25, 0.3) is 0 Å². The minimum absolute atomic E-state index is 0.152. The number of hydrogen-bond donors (Lipinski definition) is 0. The maximum Gasteiger partial charge on any atom is 0.238 e. The predicted molar refractivity (Wildman–Crippen MR) is 153 cm³/mol. The lowest BCUT2D eigenvalue weighted by atomic mass is 10.2. The fourth-order valence-corrected chi connectivity index (χ4v) is 5.82. The van der Waals surface area contributed by atoms with E-state index < -0.39 is 10.0 Å². The van der Waals surface area contributed by atoms with Gasteiger partial charge in [0, 0.05) is 38.1 Å². The molecule has 2 aliphatic heterocycles. The summed E-state index contributed by atoms with van der Waals surface area (Å²) in [7, 11) is -3.91. The second-order valence-corrected chi connectivity index (χ2v) is 11.8. The van der Waals surface area contributed by atoms with Crippen LogP contribution in [0.1, 0.15) is 22.6 Å². The van der Waals surface area contributed by atoms with Crippen LogP contribution < -0.4 is 9.47 Å². The Morgan fingerprint density at radius 1 is 0.976 bits per heavy atom. The molecule has 2 aromatic carbocycles. The van der Waals surface area contributed by atoms with Gasteiger partial charge in [0.2, 0.25) is 22.7 Å². The first-order valence-electron chi connectivity index (χ1n) is 13.6. The lowest BCUT2D eigenvalue weighted by Gasteiger charge is -2.30. The second kappa shape index (κ2) is 13.3. The van der Waals surface area contributed by atoms with Crippen molar-refractivity contribution in [1.82, 2.24) is 14.1 Å². The van der Waals surface area contributed by atoms with E-state index in [0.29, 0.717) is 37.0 Å².